The molecule has 5 heteroatoms. The van der Waals surface area contributed by atoms with Crippen molar-refractivity contribution in [3.8, 4) is 0 Å². The van der Waals surface area contributed by atoms with Crippen LogP contribution in [-0.4, -0.2) is 23.0 Å². The molecule has 1 fully saturated rings. The number of amidine groups is 1. The van der Waals surface area contributed by atoms with Gasteiger partial charge in [-0.3, -0.25) is 4.79 Å². The van der Waals surface area contributed by atoms with Crippen molar-refractivity contribution in [2.75, 3.05) is 0 Å². The minimum atomic E-state index is -0.860. The van der Waals surface area contributed by atoms with Crippen molar-refractivity contribution < 1.29 is 10.0 Å². The average molecular weight is 297 g/mol. The highest BCUT2D eigenvalue weighted by atomic mass is 16.4. The van der Waals surface area contributed by atoms with Gasteiger partial charge in [0.1, 0.15) is 5.41 Å². The van der Waals surface area contributed by atoms with Crippen LogP contribution in [0.5, 0.6) is 0 Å². The lowest BCUT2D eigenvalue weighted by Crippen LogP contribution is -2.52. The standard InChI is InChI=1S/C16H31N3O2/c1-4-10-16(11-5-2,14(17)19-21)15(20)18-13-8-6-12(3)7-9-13/h12-13,21H,4-11H2,1-3H3,(H2,17,19)(H,18,20). The van der Waals surface area contributed by atoms with Gasteiger partial charge in [-0.15, -0.1) is 0 Å². The quantitative estimate of drug-likeness (QED) is 0.292. The van der Waals surface area contributed by atoms with E-state index in [1.54, 1.807) is 0 Å². The molecule has 0 aromatic rings. The van der Waals surface area contributed by atoms with Crippen molar-refractivity contribution in [3.05, 3.63) is 0 Å². The molecule has 0 heterocycles. The van der Waals surface area contributed by atoms with Crippen molar-refractivity contribution >= 4 is 11.7 Å². The number of nitrogens with one attached hydrogen (secondary N) is 1. The third-order valence-electron chi connectivity index (χ3n) is 4.74. The molecular formula is C16H31N3O2. The number of hydrogen-bond donors (Lipinski definition) is 3. The van der Waals surface area contributed by atoms with E-state index in [1.165, 1.54) is 0 Å². The normalized spacial score (nSPS) is 23.9. The molecule has 1 aliphatic carbocycles. The molecule has 0 radical (unpaired) electrons. The number of rotatable bonds is 7. The first-order valence-corrected chi connectivity index (χ1v) is 8.29. The molecule has 0 saturated heterocycles. The number of oxime groups is 1. The lowest BCUT2D eigenvalue weighted by Gasteiger charge is -2.34. The van der Waals surface area contributed by atoms with Crippen LogP contribution < -0.4 is 11.1 Å². The first kappa shape index (κ1) is 17.8. The summed E-state index contributed by atoms with van der Waals surface area (Å²) >= 11 is 0. The Hall–Kier alpha value is -1.26. The third-order valence-corrected chi connectivity index (χ3v) is 4.74. The van der Waals surface area contributed by atoms with Gasteiger partial charge in [-0.05, 0) is 44.4 Å². The summed E-state index contributed by atoms with van der Waals surface area (Å²) in [5.41, 5.74) is 5.03. The van der Waals surface area contributed by atoms with Crippen LogP contribution >= 0.6 is 0 Å². The summed E-state index contributed by atoms with van der Waals surface area (Å²) in [5.74, 6) is 0.729. The molecule has 4 N–H and O–H groups in total. The van der Waals surface area contributed by atoms with Crippen LogP contribution in [0.1, 0.15) is 72.1 Å². The van der Waals surface area contributed by atoms with Crippen LogP contribution in [0.3, 0.4) is 0 Å². The zero-order valence-corrected chi connectivity index (χ0v) is 13.7. The number of carbonyl (C=O) groups is 1. The van der Waals surface area contributed by atoms with Gasteiger partial charge in [0, 0.05) is 6.04 Å². The topological polar surface area (TPSA) is 87.7 Å². The van der Waals surface area contributed by atoms with Gasteiger partial charge < -0.3 is 16.3 Å². The van der Waals surface area contributed by atoms with Crippen LogP contribution in [0.15, 0.2) is 5.16 Å². The molecule has 1 saturated carbocycles. The molecular weight excluding hydrogens is 266 g/mol. The molecule has 0 aromatic heterocycles. The summed E-state index contributed by atoms with van der Waals surface area (Å²) in [6.45, 7) is 6.29. The first-order valence-electron chi connectivity index (χ1n) is 8.29. The molecule has 122 valence electrons. The molecule has 1 aliphatic rings. The van der Waals surface area contributed by atoms with Crippen molar-refractivity contribution in [1.82, 2.24) is 5.32 Å². The minimum absolute atomic E-state index is 0.0490. The number of nitrogens with zero attached hydrogens (tertiary/aromatic N) is 1. The van der Waals surface area contributed by atoms with E-state index in [-0.39, 0.29) is 17.8 Å². The van der Waals surface area contributed by atoms with Crippen LogP contribution in [0, 0.1) is 11.3 Å². The SMILES string of the molecule is CCCC(CCC)(C(=O)NC1CCC(C)CC1)C(N)=NO. The van der Waals surface area contributed by atoms with E-state index in [9.17, 15) is 4.79 Å². The summed E-state index contributed by atoms with van der Waals surface area (Å²) in [6, 6.07) is 0.230. The average Bonchev–Trinajstić information content (AvgIpc) is 2.48. The summed E-state index contributed by atoms with van der Waals surface area (Å²) < 4.78 is 0. The van der Waals surface area contributed by atoms with Gasteiger partial charge in [-0.2, -0.15) is 0 Å². The summed E-state index contributed by atoms with van der Waals surface area (Å²) in [4.78, 5) is 12.8. The van der Waals surface area contributed by atoms with E-state index in [0.717, 1.165) is 44.4 Å². The van der Waals surface area contributed by atoms with Gasteiger partial charge in [0.2, 0.25) is 5.91 Å². The van der Waals surface area contributed by atoms with Gasteiger partial charge in [0.05, 0.1) is 0 Å². The maximum Gasteiger partial charge on any atom is 0.234 e. The minimum Gasteiger partial charge on any atom is -0.409 e. The van der Waals surface area contributed by atoms with E-state index in [2.05, 4.69) is 17.4 Å². The monoisotopic (exact) mass is 297 g/mol. The zero-order chi connectivity index (χ0) is 15.9. The Bertz CT molecular complexity index is 355. The van der Waals surface area contributed by atoms with Crippen LogP contribution in [0.2, 0.25) is 0 Å². The molecule has 1 amide bonds. The first-order chi connectivity index (χ1) is 10.00. The predicted molar refractivity (Wildman–Crippen MR) is 85.2 cm³/mol. The van der Waals surface area contributed by atoms with Crippen molar-refractivity contribution in [2.45, 2.75) is 78.2 Å². The molecule has 0 aliphatic heterocycles. The van der Waals surface area contributed by atoms with Crippen LogP contribution in [0.4, 0.5) is 0 Å². The molecule has 21 heavy (non-hydrogen) atoms. The Labute approximate surface area is 128 Å². The molecule has 0 aromatic carbocycles. The Balaban J connectivity index is 2.83. The largest absolute Gasteiger partial charge is 0.409 e. The van der Waals surface area contributed by atoms with Gasteiger partial charge in [-0.1, -0.05) is 38.8 Å². The van der Waals surface area contributed by atoms with Gasteiger partial charge >= 0.3 is 0 Å². The van der Waals surface area contributed by atoms with Crippen LogP contribution in [0.25, 0.3) is 0 Å². The number of hydrogen-bond acceptors (Lipinski definition) is 3. The summed E-state index contributed by atoms with van der Waals surface area (Å²) in [7, 11) is 0. The van der Waals surface area contributed by atoms with Crippen LogP contribution in [-0.2, 0) is 4.79 Å². The van der Waals surface area contributed by atoms with E-state index < -0.39 is 5.41 Å². The van der Waals surface area contributed by atoms with E-state index in [1.807, 2.05) is 13.8 Å². The maximum atomic E-state index is 12.8. The Morgan fingerprint density at radius 2 is 1.76 bits per heavy atom. The highest BCUT2D eigenvalue weighted by Crippen LogP contribution is 2.32. The molecule has 0 unspecified atom stereocenters. The number of carbonyl (C=O) groups excluding carboxylic acids is 1. The summed E-state index contributed by atoms with van der Waals surface area (Å²) in [5, 5.41) is 15.4. The Kier molecular flexibility index (Phi) is 6.99. The molecule has 5 nitrogen and oxygen atoms in total. The lowest BCUT2D eigenvalue weighted by atomic mass is 9.76. The second kappa shape index (κ2) is 8.25. The molecule has 1 rings (SSSR count). The van der Waals surface area contributed by atoms with Crippen molar-refractivity contribution in [1.29, 1.82) is 0 Å². The fourth-order valence-electron chi connectivity index (χ4n) is 3.40. The maximum absolute atomic E-state index is 12.8. The Morgan fingerprint density at radius 3 is 2.19 bits per heavy atom. The lowest BCUT2D eigenvalue weighted by molar-refractivity contribution is -0.129. The third kappa shape index (κ3) is 4.35. The van der Waals surface area contributed by atoms with E-state index >= 15 is 0 Å². The van der Waals surface area contributed by atoms with E-state index in [4.69, 9.17) is 10.9 Å². The van der Waals surface area contributed by atoms with Gasteiger partial charge in [0.25, 0.3) is 0 Å². The van der Waals surface area contributed by atoms with Gasteiger partial charge in [-0.25, -0.2) is 0 Å². The van der Waals surface area contributed by atoms with Crippen molar-refractivity contribution in [2.24, 2.45) is 22.2 Å². The number of nitrogens with two attached hydrogens (primary N) is 1. The second-order valence-corrected chi connectivity index (χ2v) is 6.50. The Morgan fingerprint density at radius 1 is 1.24 bits per heavy atom. The fourth-order valence-corrected chi connectivity index (χ4v) is 3.40. The summed E-state index contributed by atoms with van der Waals surface area (Å²) in [6.07, 6.45) is 7.25. The van der Waals surface area contributed by atoms with Gasteiger partial charge in [0.15, 0.2) is 5.84 Å². The highest BCUT2D eigenvalue weighted by molar-refractivity contribution is 6.06. The molecule has 0 atom stereocenters. The van der Waals surface area contributed by atoms with E-state index in [0.29, 0.717) is 12.8 Å². The second-order valence-electron chi connectivity index (χ2n) is 6.50. The predicted octanol–water partition coefficient (Wildman–Crippen LogP) is 3.01. The fraction of sp³-hybridized carbons (Fsp3) is 0.875. The number of amides is 1. The molecule has 0 bridgehead atoms. The van der Waals surface area contributed by atoms with Crippen molar-refractivity contribution in [3.63, 3.8) is 0 Å². The smallest absolute Gasteiger partial charge is 0.234 e. The molecule has 0 spiro atoms. The highest BCUT2D eigenvalue weighted by Gasteiger charge is 2.42. The zero-order valence-electron chi connectivity index (χ0n) is 13.7.